The third-order valence-corrected chi connectivity index (χ3v) is 4.93. The lowest BCUT2D eigenvalue weighted by Crippen LogP contribution is -2.34. The van der Waals surface area contributed by atoms with Crippen molar-refractivity contribution >= 4 is 23.1 Å². The standard InChI is InChI=1S/C19H22N6O3/c20-17-16-18(22-10-21-17)25(11-23-16)7-3-4-8-28-19(27)24-15-13-6-2-1-5-12(13)9-14(15)26/h1-2,5-6,10-11,14-15,26H,3-4,7-9H2,(H,24,27)(H2,20,21,22)/t14-,15+/m1/s1. The molecule has 1 aliphatic carbocycles. The van der Waals surface area contributed by atoms with Gasteiger partial charge in [-0.2, -0.15) is 0 Å². The molecule has 9 heteroatoms. The summed E-state index contributed by atoms with van der Waals surface area (Å²) < 4.78 is 7.16. The summed E-state index contributed by atoms with van der Waals surface area (Å²) in [5.41, 5.74) is 9.06. The number of carbonyl (C=O) groups excluding carboxylic acids is 1. The number of nitrogens with zero attached hydrogens (tertiary/aromatic N) is 4. The first kappa shape index (κ1) is 18.2. The maximum Gasteiger partial charge on any atom is 0.407 e. The Kier molecular flexibility index (Phi) is 5.07. The Balaban J connectivity index is 1.22. The van der Waals surface area contributed by atoms with Crippen molar-refractivity contribution in [2.24, 2.45) is 0 Å². The zero-order chi connectivity index (χ0) is 19.5. The minimum Gasteiger partial charge on any atom is -0.450 e. The van der Waals surface area contributed by atoms with E-state index in [4.69, 9.17) is 10.5 Å². The smallest absolute Gasteiger partial charge is 0.407 e. The van der Waals surface area contributed by atoms with Gasteiger partial charge in [-0.15, -0.1) is 0 Å². The first-order valence-corrected chi connectivity index (χ1v) is 9.24. The Morgan fingerprint density at radius 3 is 3.04 bits per heavy atom. The third kappa shape index (κ3) is 3.61. The highest BCUT2D eigenvalue weighted by Gasteiger charge is 2.32. The highest BCUT2D eigenvalue weighted by Crippen LogP contribution is 2.31. The van der Waals surface area contributed by atoms with Crippen molar-refractivity contribution in [2.75, 3.05) is 12.3 Å². The molecule has 0 unspecified atom stereocenters. The lowest BCUT2D eigenvalue weighted by molar-refractivity contribution is 0.111. The average molecular weight is 382 g/mol. The van der Waals surface area contributed by atoms with Crippen molar-refractivity contribution < 1.29 is 14.6 Å². The number of imidazole rings is 1. The minimum atomic E-state index is -0.631. The number of aryl methyl sites for hydroxylation is 1. The molecule has 4 rings (SSSR count). The number of hydrogen-bond donors (Lipinski definition) is 3. The molecule has 0 fully saturated rings. The van der Waals surface area contributed by atoms with Crippen LogP contribution < -0.4 is 11.1 Å². The van der Waals surface area contributed by atoms with Gasteiger partial charge in [-0.3, -0.25) is 0 Å². The molecule has 0 bridgehead atoms. The number of rotatable bonds is 6. The first-order chi connectivity index (χ1) is 13.6. The number of fused-ring (bicyclic) bond motifs is 2. The first-order valence-electron chi connectivity index (χ1n) is 9.24. The van der Waals surface area contributed by atoms with Crippen molar-refractivity contribution in [3.05, 3.63) is 48.0 Å². The summed E-state index contributed by atoms with van der Waals surface area (Å²) in [5.74, 6) is 0.361. The van der Waals surface area contributed by atoms with E-state index in [9.17, 15) is 9.90 Å². The van der Waals surface area contributed by atoms with E-state index in [1.807, 2.05) is 28.8 Å². The lowest BCUT2D eigenvalue weighted by Gasteiger charge is -2.17. The number of nitrogens with two attached hydrogens (primary N) is 1. The molecular formula is C19H22N6O3. The van der Waals surface area contributed by atoms with E-state index < -0.39 is 18.2 Å². The van der Waals surface area contributed by atoms with Gasteiger partial charge in [0.1, 0.15) is 11.8 Å². The van der Waals surface area contributed by atoms with E-state index in [-0.39, 0.29) is 0 Å². The molecule has 3 aromatic rings. The van der Waals surface area contributed by atoms with Gasteiger partial charge in [-0.1, -0.05) is 24.3 Å². The molecule has 0 spiro atoms. The van der Waals surface area contributed by atoms with Gasteiger partial charge in [0.25, 0.3) is 0 Å². The highest BCUT2D eigenvalue weighted by atomic mass is 16.5. The number of alkyl carbamates (subject to hydrolysis) is 1. The molecule has 4 N–H and O–H groups in total. The molecule has 9 nitrogen and oxygen atoms in total. The fourth-order valence-corrected chi connectivity index (χ4v) is 3.53. The Morgan fingerprint density at radius 2 is 2.14 bits per heavy atom. The maximum atomic E-state index is 12.1. The second-order valence-electron chi connectivity index (χ2n) is 6.80. The van der Waals surface area contributed by atoms with Gasteiger partial charge < -0.3 is 25.5 Å². The zero-order valence-electron chi connectivity index (χ0n) is 15.3. The predicted octanol–water partition coefficient (Wildman–Crippen LogP) is 1.57. The topological polar surface area (TPSA) is 128 Å². The fraction of sp³-hybridized carbons (Fsp3) is 0.368. The number of nitrogen functional groups attached to an aromatic ring is 1. The summed E-state index contributed by atoms with van der Waals surface area (Å²) in [6.45, 7) is 0.979. The Hall–Kier alpha value is -3.20. The van der Waals surface area contributed by atoms with Gasteiger partial charge in [0, 0.05) is 13.0 Å². The number of amides is 1. The normalized spacial score (nSPS) is 18.2. The van der Waals surface area contributed by atoms with Crippen LogP contribution in [-0.4, -0.2) is 43.4 Å². The van der Waals surface area contributed by atoms with Crippen LogP contribution in [0.1, 0.15) is 30.0 Å². The van der Waals surface area contributed by atoms with Crippen LogP contribution in [0.5, 0.6) is 0 Å². The highest BCUT2D eigenvalue weighted by molar-refractivity contribution is 5.81. The van der Waals surface area contributed by atoms with Crippen LogP contribution in [0.3, 0.4) is 0 Å². The summed E-state index contributed by atoms with van der Waals surface area (Å²) in [6.07, 6.45) is 3.97. The van der Waals surface area contributed by atoms with Crippen LogP contribution in [0.25, 0.3) is 11.2 Å². The molecule has 0 saturated carbocycles. The number of aliphatic hydroxyl groups excluding tert-OH is 1. The number of carbonyl (C=O) groups is 1. The van der Waals surface area contributed by atoms with Crippen LogP contribution in [-0.2, 0) is 17.7 Å². The van der Waals surface area contributed by atoms with Crippen molar-refractivity contribution in [3.63, 3.8) is 0 Å². The van der Waals surface area contributed by atoms with Gasteiger partial charge in [0.2, 0.25) is 0 Å². The monoisotopic (exact) mass is 382 g/mol. The average Bonchev–Trinajstić information content (AvgIpc) is 3.24. The SMILES string of the molecule is Nc1ncnc2c1ncn2CCCCOC(=O)N[C@H]1c2ccccc2C[C@H]1O. The van der Waals surface area contributed by atoms with Crippen molar-refractivity contribution in [2.45, 2.75) is 38.0 Å². The van der Waals surface area contributed by atoms with Crippen LogP contribution in [0.2, 0.25) is 0 Å². The molecule has 1 aliphatic rings. The number of aromatic nitrogens is 4. The summed E-state index contributed by atoms with van der Waals surface area (Å²) >= 11 is 0. The molecular weight excluding hydrogens is 360 g/mol. The summed E-state index contributed by atoms with van der Waals surface area (Å²) in [5, 5.41) is 12.9. The molecule has 2 heterocycles. The second-order valence-corrected chi connectivity index (χ2v) is 6.80. The predicted molar refractivity (Wildman–Crippen MR) is 102 cm³/mol. The van der Waals surface area contributed by atoms with E-state index in [2.05, 4.69) is 20.3 Å². The van der Waals surface area contributed by atoms with Crippen molar-refractivity contribution in [1.82, 2.24) is 24.8 Å². The van der Waals surface area contributed by atoms with Gasteiger partial charge in [-0.05, 0) is 24.0 Å². The molecule has 28 heavy (non-hydrogen) atoms. The van der Waals surface area contributed by atoms with E-state index in [0.717, 1.165) is 17.5 Å². The number of hydrogen-bond acceptors (Lipinski definition) is 7. The van der Waals surface area contributed by atoms with Crippen molar-refractivity contribution in [3.8, 4) is 0 Å². The van der Waals surface area contributed by atoms with Crippen LogP contribution in [0.15, 0.2) is 36.9 Å². The quantitative estimate of drug-likeness (QED) is 0.552. The minimum absolute atomic E-state index is 0.292. The Morgan fingerprint density at radius 1 is 1.29 bits per heavy atom. The zero-order valence-corrected chi connectivity index (χ0v) is 15.3. The molecule has 2 aromatic heterocycles. The second kappa shape index (κ2) is 7.81. The molecule has 0 aliphatic heterocycles. The van der Waals surface area contributed by atoms with Gasteiger partial charge in [0.05, 0.1) is 25.1 Å². The number of nitrogens with one attached hydrogen (secondary N) is 1. The number of benzene rings is 1. The lowest BCUT2D eigenvalue weighted by atomic mass is 10.1. The van der Waals surface area contributed by atoms with E-state index in [1.165, 1.54) is 6.33 Å². The Labute approximate surface area is 161 Å². The van der Waals surface area contributed by atoms with Crippen LogP contribution in [0.4, 0.5) is 10.6 Å². The molecule has 0 radical (unpaired) electrons. The van der Waals surface area contributed by atoms with E-state index in [0.29, 0.717) is 43.0 Å². The third-order valence-electron chi connectivity index (χ3n) is 4.93. The Bertz CT molecular complexity index is 989. The van der Waals surface area contributed by atoms with Crippen molar-refractivity contribution in [1.29, 1.82) is 0 Å². The number of aliphatic hydroxyl groups is 1. The molecule has 146 valence electrons. The summed E-state index contributed by atoms with van der Waals surface area (Å²) in [6, 6.07) is 7.28. The van der Waals surface area contributed by atoms with Crippen LogP contribution >= 0.6 is 0 Å². The van der Waals surface area contributed by atoms with Gasteiger partial charge >= 0.3 is 6.09 Å². The number of ether oxygens (including phenoxy) is 1. The molecule has 1 aromatic carbocycles. The molecule has 0 saturated heterocycles. The summed E-state index contributed by atoms with van der Waals surface area (Å²) in [7, 11) is 0. The molecule has 1 amide bonds. The van der Waals surface area contributed by atoms with Gasteiger partial charge in [-0.25, -0.2) is 19.7 Å². The fourth-order valence-electron chi connectivity index (χ4n) is 3.53. The maximum absolute atomic E-state index is 12.1. The summed E-state index contributed by atoms with van der Waals surface area (Å²) in [4.78, 5) is 24.4. The largest absolute Gasteiger partial charge is 0.450 e. The van der Waals surface area contributed by atoms with Gasteiger partial charge in [0.15, 0.2) is 11.5 Å². The van der Waals surface area contributed by atoms with E-state index in [1.54, 1.807) is 6.33 Å². The van der Waals surface area contributed by atoms with E-state index >= 15 is 0 Å². The molecule has 2 atom stereocenters. The number of anilines is 1. The van der Waals surface area contributed by atoms with Crippen LogP contribution in [0, 0.1) is 0 Å². The number of unbranched alkanes of at least 4 members (excludes halogenated alkanes) is 1.